The number of nitrogens with one attached hydrogen (secondary N) is 1. The molecule has 1 heterocycles. The molecule has 1 aromatic carbocycles. The Bertz CT molecular complexity index is 726. The summed E-state index contributed by atoms with van der Waals surface area (Å²) < 4.78 is 31.9. The summed E-state index contributed by atoms with van der Waals surface area (Å²) in [6.07, 6.45) is 2.65. The molecule has 0 fully saturated rings. The minimum absolute atomic E-state index is 0.105. The summed E-state index contributed by atoms with van der Waals surface area (Å²) in [6, 6.07) is 4.36. The van der Waals surface area contributed by atoms with Gasteiger partial charge in [0.25, 0.3) is 0 Å². The molecule has 0 saturated carbocycles. The number of nitrogens with two attached hydrogens (primary N) is 1. The third-order valence-electron chi connectivity index (χ3n) is 2.87. The maximum Gasteiger partial charge on any atom is 0.241 e. The molecule has 21 heavy (non-hydrogen) atoms. The van der Waals surface area contributed by atoms with E-state index in [1.165, 1.54) is 36.6 Å². The van der Waals surface area contributed by atoms with Crippen LogP contribution in [-0.2, 0) is 23.0 Å². The largest absolute Gasteiger partial charge is 0.495 e. The van der Waals surface area contributed by atoms with Crippen molar-refractivity contribution in [3.63, 3.8) is 0 Å². The molecule has 6 nitrogen and oxygen atoms in total. The zero-order valence-electron chi connectivity index (χ0n) is 11.8. The first-order chi connectivity index (χ1) is 9.96. The number of aromatic nitrogens is 1. The van der Waals surface area contributed by atoms with Crippen molar-refractivity contribution in [1.29, 1.82) is 0 Å². The standard InChI is InChI=1S/C13H17N3O3S2/c1-3-9-7-15-13(20-9)8-16-21(17,18)10-4-5-12(19-2)11(14)6-10/h4-7,16H,3,8,14H2,1-2H3. The average Bonchev–Trinajstić information content (AvgIpc) is 2.93. The van der Waals surface area contributed by atoms with Gasteiger partial charge in [0.15, 0.2) is 0 Å². The van der Waals surface area contributed by atoms with E-state index in [4.69, 9.17) is 10.5 Å². The summed E-state index contributed by atoms with van der Waals surface area (Å²) in [4.78, 5) is 5.40. The van der Waals surface area contributed by atoms with Crippen LogP contribution in [0, 0.1) is 0 Å². The van der Waals surface area contributed by atoms with E-state index < -0.39 is 10.0 Å². The fourth-order valence-electron chi connectivity index (χ4n) is 1.71. The minimum Gasteiger partial charge on any atom is -0.495 e. The van der Waals surface area contributed by atoms with Crippen LogP contribution in [0.2, 0.25) is 0 Å². The Morgan fingerprint density at radius 3 is 2.76 bits per heavy atom. The number of ether oxygens (including phenoxy) is 1. The summed E-state index contributed by atoms with van der Waals surface area (Å²) in [5.74, 6) is 0.446. The molecule has 0 atom stereocenters. The van der Waals surface area contributed by atoms with E-state index in [0.717, 1.165) is 16.3 Å². The number of nitrogen functional groups attached to an aromatic ring is 1. The van der Waals surface area contributed by atoms with Crippen LogP contribution in [0.4, 0.5) is 5.69 Å². The molecule has 114 valence electrons. The van der Waals surface area contributed by atoms with Gasteiger partial charge in [-0.25, -0.2) is 18.1 Å². The van der Waals surface area contributed by atoms with Crippen molar-refractivity contribution in [3.05, 3.63) is 34.3 Å². The van der Waals surface area contributed by atoms with Crippen molar-refractivity contribution in [1.82, 2.24) is 9.71 Å². The van der Waals surface area contributed by atoms with Crippen LogP contribution in [0.5, 0.6) is 5.75 Å². The first-order valence-electron chi connectivity index (χ1n) is 6.33. The Kier molecular flexibility index (Phi) is 4.81. The van der Waals surface area contributed by atoms with Gasteiger partial charge in [-0.3, -0.25) is 0 Å². The number of nitrogens with zero attached hydrogens (tertiary/aromatic N) is 1. The number of sulfonamides is 1. The van der Waals surface area contributed by atoms with Crippen LogP contribution in [-0.4, -0.2) is 20.5 Å². The predicted octanol–water partition coefficient (Wildman–Crippen LogP) is 1.77. The Morgan fingerprint density at radius 1 is 1.43 bits per heavy atom. The van der Waals surface area contributed by atoms with Crippen LogP contribution in [0.25, 0.3) is 0 Å². The Balaban J connectivity index is 2.12. The molecule has 0 amide bonds. The van der Waals surface area contributed by atoms with Crippen LogP contribution in [0.1, 0.15) is 16.8 Å². The monoisotopic (exact) mass is 327 g/mol. The van der Waals surface area contributed by atoms with Crippen molar-refractivity contribution in [2.45, 2.75) is 24.8 Å². The van der Waals surface area contributed by atoms with E-state index >= 15 is 0 Å². The molecule has 2 rings (SSSR count). The summed E-state index contributed by atoms with van der Waals surface area (Å²) in [6.45, 7) is 2.19. The van der Waals surface area contributed by atoms with Gasteiger partial charge in [0.05, 0.1) is 24.2 Å². The number of methoxy groups -OCH3 is 1. The topological polar surface area (TPSA) is 94.3 Å². The van der Waals surface area contributed by atoms with E-state index in [0.29, 0.717) is 5.75 Å². The highest BCUT2D eigenvalue weighted by molar-refractivity contribution is 7.89. The predicted molar refractivity (Wildman–Crippen MR) is 82.9 cm³/mol. The van der Waals surface area contributed by atoms with Gasteiger partial charge in [-0.05, 0) is 24.6 Å². The third-order valence-corrected chi connectivity index (χ3v) is 5.42. The van der Waals surface area contributed by atoms with Crippen molar-refractivity contribution in [3.8, 4) is 5.75 Å². The van der Waals surface area contributed by atoms with Gasteiger partial charge >= 0.3 is 0 Å². The number of thiazole rings is 1. The van der Waals surface area contributed by atoms with Crippen LogP contribution in [0.3, 0.4) is 0 Å². The van der Waals surface area contributed by atoms with Crippen molar-refractivity contribution >= 4 is 27.0 Å². The molecule has 0 aliphatic rings. The summed E-state index contributed by atoms with van der Waals surface area (Å²) in [7, 11) is -2.14. The van der Waals surface area contributed by atoms with Crippen LogP contribution < -0.4 is 15.2 Å². The SMILES string of the molecule is CCc1cnc(CNS(=O)(=O)c2ccc(OC)c(N)c2)s1. The zero-order valence-corrected chi connectivity index (χ0v) is 13.4. The molecule has 0 bridgehead atoms. The Morgan fingerprint density at radius 2 is 2.19 bits per heavy atom. The van der Waals surface area contributed by atoms with E-state index in [-0.39, 0.29) is 17.1 Å². The van der Waals surface area contributed by atoms with E-state index in [1.54, 1.807) is 6.20 Å². The number of rotatable bonds is 6. The molecule has 1 aromatic heterocycles. The molecule has 0 aliphatic heterocycles. The number of hydrogen-bond donors (Lipinski definition) is 2. The van der Waals surface area contributed by atoms with E-state index in [9.17, 15) is 8.42 Å². The van der Waals surface area contributed by atoms with Crippen LogP contribution in [0.15, 0.2) is 29.3 Å². The van der Waals surface area contributed by atoms with Gasteiger partial charge < -0.3 is 10.5 Å². The lowest BCUT2D eigenvalue weighted by atomic mass is 10.3. The van der Waals surface area contributed by atoms with Gasteiger partial charge in [0.1, 0.15) is 10.8 Å². The quantitative estimate of drug-likeness (QED) is 0.789. The first-order valence-corrected chi connectivity index (χ1v) is 8.63. The smallest absolute Gasteiger partial charge is 0.241 e. The Labute approximate surface area is 128 Å². The van der Waals surface area contributed by atoms with Crippen molar-refractivity contribution < 1.29 is 13.2 Å². The van der Waals surface area contributed by atoms with Gasteiger partial charge in [-0.1, -0.05) is 6.92 Å². The molecule has 3 N–H and O–H groups in total. The van der Waals surface area contributed by atoms with Gasteiger partial charge in [-0.15, -0.1) is 11.3 Å². The zero-order chi connectivity index (χ0) is 15.5. The number of hydrogen-bond acceptors (Lipinski definition) is 6. The lowest BCUT2D eigenvalue weighted by Gasteiger charge is -2.08. The van der Waals surface area contributed by atoms with Gasteiger partial charge in [0.2, 0.25) is 10.0 Å². The number of aryl methyl sites for hydroxylation is 1. The average molecular weight is 327 g/mol. The summed E-state index contributed by atoms with van der Waals surface area (Å²) >= 11 is 1.50. The summed E-state index contributed by atoms with van der Waals surface area (Å²) in [5.41, 5.74) is 6.01. The van der Waals surface area contributed by atoms with Crippen molar-refractivity contribution in [2.24, 2.45) is 0 Å². The Hall–Kier alpha value is -1.64. The fraction of sp³-hybridized carbons (Fsp3) is 0.308. The second-order valence-corrected chi connectivity index (χ2v) is 7.27. The molecule has 0 unspecified atom stereocenters. The molecule has 0 saturated heterocycles. The first kappa shape index (κ1) is 15.7. The maximum atomic E-state index is 12.2. The summed E-state index contributed by atoms with van der Waals surface area (Å²) in [5, 5.41) is 0.733. The molecular formula is C13H17N3O3S2. The van der Waals surface area contributed by atoms with E-state index in [2.05, 4.69) is 9.71 Å². The minimum atomic E-state index is -3.62. The highest BCUT2D eigenvalue weighted by Crippen LogP contribution is 2.24. The second kappa shape index (κ2) is 6.42. The highest BCUT2D eigenvalue weighted by atomic mass is 32.2. The lowest BCUT2D eigenvalue weighted by molar-refractivity contribution is 0.416. The molecule has 0 aliphatic carbocycles. The van der Waals surface area contributed by atoms with Crippen LogP contribution >= 0.6 is 11.3 Å². The van der Waals surface area contributed by atoms with E-state index in [1.807, 2.05) is 6.92 Å². The molecule has 8 heteroatoms. The second-order valence-electron chi connectivity index (χ2n) is 4.30. The highest BCUT2D eigenvalue weighted by Gasteiger charge is 2.16. The fourth-order valence-corrected chi connectivity index (χ4v) is 3.63. The number of benzene rings is 1. The third kappa shape index (κ3) is 3.72. The van der Waals surface area contributed by atoms with Gasteiger partial charge in [0, 0.05) is 11.1 Å². The molecule has 0 radical (unpaired) electrons. The number of anilines is 1. The normalized spacial score (nSPS) is 11.5. The molecular weight excluding hydrogens is 310 g/mol. The van der Waals surface area contributed by atoms with Gasteiger partial charge in [-0.2, -0.15) is 0 Å². The van der Waals surface area contributed by atoms with Crippen molar-refractivity contribution in [2.75, 3.05) is 12.8 Å². The molecule has 0 spiro atoms. The molecule has 2 aromatic rings. The maximum absolute atomic E-state index is 12.2. The lowest BCUT2D eigenvalue weighted by Crippen LogP contribution is -2.23.